The summed E-state index contributed by atoms with van der Waals surface area (Å²) >= 11 is 0. The Bertz CT molecular complexity index is 740. The summed E-state index contributed by atoms with van der Waals surface area (Å²) in [5.74, 6) is 1.69. The predicted octanol–water partition coefficient (Wildman–Crippen LogP) is 2.31. The number of aromatic nitrogens is 3. The Morgan fingerprint density at radius 3 is 2.71 bits per heavy atom. The van der Waals surface area contributed by atoms with E-state index in [9.17, 15) is 0 Å². The van der Waals surface area contributed by atoms with E-state index in [0.29, 0.717) is 35.1 Å². The highest BCUT2D eigenvalue weighted by Gasteiger charge is 2.12. The zero-order valence-electron chi connectivity index (χ0n) is 11.5. The molecular formula is C15H14N4O2. The monoisotopic (exact) mass is 282 g/mol. The van der Waals surface area contributed by atoms with Crippen LogP contribution in [0.2, 0.25) is 0 Å². The Morgan fingerprint density at radius 1 is 1.19 bits per heavy atom. The molecule has 0 unspecified atom stereocenters. The first-order valence-electron chi connectivity index (χ1n) is 6.41. The van der Waals surface area contributed by atoms with Crippen LogP contribution in [-0.2, 0) is 6.42 Å². The molecule has 0 amide bonds. The van der Waals surface area contributed by atoms with Gasteiger partial charge in [-0.15, -0.1) is 0 Å². The van der Waals surface area contributed by atoms with E-state index in [1.165, 1.54) is 0 Å². The van der Waals surface area contributed by atoms with Gasteiger partial charge in [-0.3, -0.25) is 4.98 Å². The fourth-order valence-electron chi connectivity index (χ4n) is 1.98. The van der Waals surface area contributed by atoms with Gasteiger partial charge in [0.15, 0.2) is 5.82 Å². The number of hydrogen-bond acceptors (Lipinski definition) is 6. The smallest absolute Gasteiger partial charge is 0.260 e. The molecule has 3 aromatic rings. The largest absolute Gasteiger partial charge is 0.497 e. The van der Waals surface area contributed by atoms with Crippen LogP contribution in [0.5, 0.6) is 5.75 Å². The molecule has 0 atom stereocenters. The second-order valence-electron chi connectivity index (χ2n) is 4.50. The van der Waals surface area contributed by atoms with Gasteiger partial charge in [0.2, 0.25) is 0 Å². The van der Waals surface area contributed by atoms with Crippen LogP contribution in [0.1, 0.15) is 11.4 Å². The Hall–Kier alpha value is -2.89. The summed E-state index contributed by atoms with van der Waals surface area (Å²) in [6.07, 6.45) is 4.05. The Kier molecular flexibility index (Phi) is 3.51. The van der Waals surface area contributed by atoms with Gasteiger partial charge in [0.25, 0.3) is 5.89 Å². The number of methoxy groups -OCH3 is 1. The third kappa shape index (κ3) is 2.84. The molecule has 0 bridgehead atoms. The maximum absolute atomic E-state index is 5.97. The van der Waals surface area contributed by atoms with Crippen LogP contribution in [0.15, 0.2) is 47.2 Å². The van der Waals surface area contributed by atoms with Crippen LogP contribution in [0.25, 0.3) is 11.5 Å². The van der Waals surface area contributed by atoms with E-state index < -0.39 is 0 Å². The lowest BCUT2D eigenvalue weighted by Gasteiger charge is -2.03. The zero-order chi connectivity index (χ0) is 14.7. The van der Waals surface area contributed by atoms with Crippen molar-refractivity contribution in [2.45, 2.75) is 6.42 Å². The maximum atomic E-state index is 5.97. The molecule has 6 heteroatoms. The van der Waals surface area contributed by atoms with Gasteiger partial charge in [-0.1, -0.05) is 5.16 Å². The SMILES string of the molecule is COc1ccc(-c2nc(Cc3ccncc3)no2)c(N)c1. The van der Waals surface area contributed by atoms with Crippen LogP contribution in [0.4, 0.5) is 5.69 Å². The number of anilines is 1. The number of hydrogen-bond donors (Lipinski definition) is 1. The summed E-state index contributed by atoms with van der Waals surface area (Å²) in [7, 11) is 1.59. The van der Waals surface area contributed by atoms with E-state index in [4.69, 9.17) is 15.0 Å². The number of nitrogen functional groups attached to an aromatic ring is 1. The summed E-state index contributed by atoms with van der Waals surface area (Å²) in [5, 5.41) is 3.98. The van der Waals surface area contributed by atoms with Crippen LogP contribution in [-0.4, -0.2) is 22.2 Å². The highest BCUT2D eigenvalue weighted by Crippen LogP contribution is 2.28. The van der Waals surface area contributed by atoms with Crippen LogP contribution < -0.4 is 10.5 Å². The molecule has 6 nitrogen and oxygen atoms in total. The van der Waals surface area contributed by atoms with Gasteiger partial charge < -0.3 is 15.0 Å². The van der Waals surface area contributed by atoms with Gasteiger partial charge in [-0.05, 0) is 29.8 Å². The van der Waals surface area contributed by atoms with Crippen molar-refractivity contribution in [3.8, 4) is 17.2 Å². The molecule has 21 heavy (non-hydrogen) atoms. The lowest BCUT2D eigenvalue weighted by molar-refractivity contribution is 0.414. The van der Waals surface area contributed by atoms with E-state index in [2.05, 4.69) is 15.1 Å². The molecule has 0 fully saturated rings. The third-order valence-corrected chi connectivity index (χ3v) is 3.07. The lowest BCUT2D eigenvalue weighted by atomic mass is 10.1. The normalized spacial score (nSPS) is 10.5. The van der Waals surface area contributed by atoms with Crippen molar-refractivity contribution in [3.05, 3.63) is 54.1 Å². The van der Waals surface area contributed by atoms with Crippen molar-refractivity contribution in [2.75, 3.05) is 12.8 Å². The molecule has 2 heterocycles. The van der Waals surface area contributed by atoms with E-state index in [-0.39, 0.29) is 0 Å². The average Bonchev–Trinajstić information content (AvgIpc) is 2.96. The number of benzene rings is 1. The molecule has 2 N–H and O–H groups in total. The minimum atomic E-state index is 0.402. The quantitative estimate of drug-likeness (QED) is 0.739. The first-order chi connectivity index (χ1) is 10.3. The van der Waals surface area contributed by atoms with Crippen molar-refractivity contribution in [1.82, 2.24) is 15.1 Å². The Labute approximate surface area is 121 Å². The molecule has 0 saturated carbocycles. The minimum absolute atomic E-state index is 0.402. The fraction of sp³-hybridized carbons (Fsp3) is 0.133. The number of nitrogens with two attached hydrogens (primary N) is 1. The molecule has 0 radical (unpaired) electrons. The second kappa shape index (κ2) is 5.62. The number of nitrogens with zero attached hydrogens (tertiary/aromatic N) is 3. The van der Waals surface area contributed by atoms with Crippen LogP contribution in [0.3, 0.4) is 0 Å². The highest BCUT2D eigenvalue weighted by molar-refractivity contribution is 5.71. The van der Waals surface area contributed by atoms with Gasteiger partial charge in [-0.2, -0.15) is 4.98 Å². The summed E-state index contributed by atoms with van der Waals surface area (Å²) in [4.78, 5) is 8.35. The molecule has 0 aliphatic heterocycles. The lowest BCUT2D eigenvalue weighted by Crippen LogP contribution is -1.93. The number of pyridine rings is 1. The van der Waals surface area contributed by atoms with Gasteiger partial charge in [0.05, 0.1) is 12.7 Å². The van der Waals surface area contributed by atoms with E-state index in [0.717, 1.165) is 5.56 Å². The Morgan fingerprint density at radius 2 is 2.00 bits per heavy atom. The maximum Gasteiger partial charge on any atom is 0.260 e. The zero-order valence-corrected chi connectivity index (χ0v) is 11.5. The molecular weight excluding hydrogens is 268 g/mol. The number of rotatable bonds is 4. The molecule has 0 aliphatic rings. The number of ether oxygens (including phenoxy) is 1. The summed E-state index contributed by atoms with van der Waals surface area (Å²) in [6.45, 7) is 0. The first kappa shape index (κ1) is 13.1. The standard InChI is InChI=1S/C15H14N4O2/c1-20-11-2-3-12(13(16)9-11)15-18-14(19-21-15)8-10-4-6-17-7-5-10/h2-7,9H,8,16H2,1H3. The minimum Gasteiger partial charge on any atom is -0.497 e. The van der Waals surface area contributed by atoms with Crippen LogP contribution >= 0.6 is 0 Å². The van der Waals surface area contributed by atoms with Crippen LogP contribution in [0, 0.1) is 0 Å². The summed E-state index contributed by atoms with van der Waals surface area (Å²) in [6, 6.07) is 9.16. The topological polar surface area (TPSA) is 87.1 Å². The van der Waals surface area contributed by atoms with E-state index >= 15 is 0 Å². The fourth-order valence-corrected chi connectivity index (χ4v) is 1.98. The molecule has 0 saturated heterocycles. The van der Waals surface area contributed by atoms with Gasteiger partial charge in [0, 0.05) is 30.6 Å². The molecule has 2 aromatic heterocycles. The van der Waals surface area contributed by atoms with E-state index in [1.54, 1.807) is 37.7 Å². The molecule has 0 aliphatic carbocycles. The van der Waals surface area contributed by atoms with Crippen molar-refractivity contribution >= 4 is 5.69 Å². The highest BCUT2D eigenvalue weighted by atomic mass is 16.5. The van der Waals surface area contributed by atoms with Crippen molar-refractivity contribution in [2.24, 2.45) is 0 Å². The average molecular weight is 282 g/mol. The summed E-state index contributed by atoms with van der Waals surface area (Å²) < 4.78 is 10.4. The molecule has 1 aromatic carbocycles. The third-order valence-electron chi connectivity index (χ3n) is 3.07. The van der Waals surface area contributed by atoms with Gasteiger partial charge in [-0.25, -0.2) is 0 Å². The van der Waals surface area contributed by atoms with Crippen molar-refractivity contribution < 1.29 is 9.26 Å². The van der Waals surface area contributed by atoms with Gasteiger partial charge in [0.1, 0.15) is 5.75 Å². The molecule has 106 valence electrons. The van der Waals surface area contributed by atoms with Crippen molar-refractivity contribution in [1.29, 1.82) is 0 Å². The molecule has 0 spiro atoms. The van der Waals surface area contributed by atoms with Gasteiger partial charge >= 0.3 is 0 Å². The first-order valence-corrected chi connectivity index (χ1v) is 6.41. The van der Waals surface area contributed by atoms with E-state index in [1.807, 2.05) is 12.1 Å². The predicted molar refractivity (Wildman–Crippen MR) is 77.7 cm³/mol. The molecule has 3 rings (SSSR count). The Balaban J connectivity index is 1.85. The van der Waals surface area contributed by atoms with Crippen molar-refractivity contribution in [3.63, 3.8) is 0 Å². The summed E-state index contributed by atoms with van der Waals surface area (Å²) in [5.41, 5.74) is 8.28. The second-order valence-corrected chi connectivity index (χ2v) is 4.50.